The topological polar surface area (TPSA) is 143 Å². The van der Waals surface area contributed by atoms with Crippen molar-refractivity contribution >= 4 is 40.3 Å². The van der Waals surface area contributed by atoms with Crippen LogP contribution in [0.15, 0.2) is 65.1 Å². The third-order valence-corrected chi connectivity index (χ3v) is 5.59. The van der Waals surface area contributed by atoms with Crippen LogP contribution in [-0.4, -0.2) is 41.5 Å². The van der Waals surface area contributed by atoms with Crippen LogP contribution in [0.25, 0.3) is 11.1 Å². The monoisotopic (exact) mass is 502 g/mol. The van der Waals surface area contributed by atoms with Gasteiger partial charge < -0.3 is 30.2 Å². The molecule has 0 saturated carbocycles. The van der Waals surface area contributed by atoms with E-state index in [1.54, 1.807) is 24.3 Å². The van der Waals surface area contributed by atoms with Gasteiger partial charge in [0.05, 0.1) is 31.5 Å². The molecule has 0 spiro atoms. The first kappa shape index (κ1) is 25.4. The number of benzene rings is 3. The molecule has 0 fully saturated rings. The summed E-state index contributed by atoms with van der Waals surface area (Å²) in [6.45, 7) is 2.20. The summed E-state index contributed by atoms with van der Waals surface area (Å²) < 4.78 is 11.0. The van der Waals surface area contributed by atoms with Crippen LogP contribution in [0.1, 0.15) is 27.4 Å². The molecular weight excluding hydrogens is 476 g/mol. The summed E-state index contributed by atoms with van der Waals surface area (Å²) in [5.74, 6) is -0.323. The molecule has 190 valence electrons. The lowest BCUT2D eigenvalue weighted by molar-refractivity contribution is -0.117. The van der Waals surface area contributed by atoms with Gasteiger partial charge in [-0.2, -0.15) is 0 Å². The number of rotatable bonds is 10. The second-order valence-corrected chi connectivity index (χ2v) is 8.34. The highest BCUT2D eigenvalue weighted by Crippen LogP contribution is 2.26. The number of anilines is 2. The number of carboxylic acid groups (broad SMARTS) is 1. The summed E-state index contributed by atoms with van der Waals surface area (Å²) in [5.41, 5.74) is 3.88. The zero-order chi connectivity index (χ0) is 26.4. The average molecular weight is 503 g/mol. The number of hydrogen-bond acceptors (Lipinski definition) is 7. The van der Waals surface area contributed by atoms with Gasteiger partial charge in [-0.25, -0.2) is 14.6 Å². The summed E-state index contributed by atoms with van der Waals surface area (Å²) in [6, 6.07) is 16.7. The van der Waals surface area contributed by atoms with E-state index < -0.39 is 12.0 Å². The second-order valence-electron chi connectivity index (χ2n) is 8.34. The van der Waals surface area contributed by atoms with E-state index in [0.29, 0.717) is 34.1 Å². The Morgan fingerprint density at radius 1 is 1.00 bits per heavy atom. The standard InChI is InChI=1S/C27H26N4O6/c1-16-5-3-4-6-20(16)30-27(35)31-21-9-7-17(12-23(21)36-2)11-19(32)14-28-15-25-29-22-10-8-18(26(33)34)13-24(22)37-25/h3-10,12-13,28H,11,14-15H2,1-2H3,(H,33,34)(H2,30,31,35). The van der Waals surface area contributed by atoms with Gasteiger partial charge >= 0.3 is 12.0 Å². The number of oxazole rings is 1. The minimum atomic E-state index is -1.05. The van der Waals surface area contributed by atoms with E-state index in [0.717, 1.165) is 11.1 Å². The molecular formula is C27H26N4O6. The van der Waals surface area contributed by atoms with E-state index in [-0.39, 0.29) is 30.9 Å². The van der Waals surface area contributed by atoms with Crippen molar-refractivity contribution in [1.29, 1.82) is 0 Å². The molecule has 1 heterocycles. The zero-order valence-corrected chi connectivity index (χ0v) is 20.3. The van der Waals surface area contributed by atoms with E-state index in [2.05, 4.69) is 20.9 Å². The van der Waals surface area contributed by atoms with Crippen LogP contribution < -0.4 is 20.7 Å². The normalized spacial score (nSPS) is 10.8. The molecule has 0 saturated heterocycles. The maximum Gasteiger partial charge on any atom is 0.335 e. The van der Waals surface area contributed by atoms with Gasteiger partial charge in [0.15, 0.2) is 11.4 Å². The molecule has 4 aromatic rings. The van der Waals surface area contributed by atoms with Crippen LogP contribution in [0.4, 0.5) is 16.2 Å². The lowest BCUT2D eigenvalue weighted by Crippen LogP contribution is -2.24. The number of carboxylic acids is 1. The summed E-state index contributed by atoms with van der Waals surface area (Å²) >= 11 is 0. The molecule has 2 amide bonds. The molecule has 0 bridgehead atoms. The van der Waals surface area contributed by atoms with Crippen LogP contribution in [0.5, 0.6) is 5.75 Å². The van der Waals surface area contributed by atoms with E-state index in [1.807, 2.05) is 31.2 Å². The number of aromatic carboxylic acids is 1. The molecule has 10 heteroatoms. The number of ether oxygens (including phenoxy) is 1. The Kier molecular flexibility index (Phi) is 7.80. The molecule has 4 rings (SSSR count). The number of aromatic nitrogens is 1. The van der Waals surface area contributed by atoms with Gasteiger partial charge in [-0.1, -0.05) is 24.3 Å². The molecule has 0 aliphatic carbocycles. The number of hydrogen-bond donors (Lipinski definition) is 4. The smallest absolute Gasteiger partial charge is 0.335 e. The lowest BCUT2D eigenvalue weighted by atomic mass is 10.1. The highest BCUT2D eigenvalue weighted by Gasteiger charge is 2.13. The Balaban J connectivity index is 1.30. The van der Waals surface area contributed by atoms with E-state index in [4.69, 9.17) is 14.3 Å². The van der Waals surface area contributed by atoms with E-state index >= 15 is 0 Å². The van der Waals surface area contributed by atoms with Crippen molar-refractivity contribution in [3.63, 3.8) is 0 Å². The number of aryl methyl sites for hydroxylation is 1. The first-order chi connectivity index (χ1) is 17.8. The number of fused-ring (bicyclic) bond motifs is 1. The van der Waals surface area contributed by atoms with Crippen molar-refractivity contribution in [2.24, 2.45) is 0 Å². The Labute approximate surface area is 212 Å². The van der Waals surface area contributed by atoms with Gasteiger partial charge in [0.2, 0.25) is 5.89 Å². The number of para-hydroxylation sites is 1. The number of Topliss-reactive ketones (excluding diaryl/α,β-unsaturated/α-hetero) is 1. The first-order valence-corrected chi connectivity index (χ1v) is 11.5. The Hall–Kier alpha value is -4.70. The summed E-state index contributed by atoms with van der Waals surface area (Å²) in [7, 11) is 1.49. The highest BCUT2D eigenvalue weighted by atomic mass is 16.5. The average Bonchev–Trinajstić information content (AvgIpc) is 3.28. The molecule has 0 aliphatic heterocycles. The lowest BCUT2D eigenvalue weighted by Gasteiger charge is -2.13. The van der Waals surface area contributed by atoms with Crippen molar-refractivity contribution in [2.45, 2.75) is 19.9 Å². The van der Waals surface area contributed by atoms with Gasteiger partial charge in [-0.15, -0.1) is 0 Å². The Morgan fingerprint density at radius 2 is 1.78 bits per heavy atom. The van der Waals surface area contributed by atoms with Crippen molar-refractivity contribution < 1.29 is 28.6 Å². The molecule has 37 heavy (non-hydrogen) atoms. The largest absolute Gasteiger partial charge is 0.495 e. The Bertz CT molecular complexity index is 1460. The third-order valence-electron chi connectivity index (χ3n) is 5.59. The number of ketones is 1. The molecule has 10 nitrogen and oxygen atoms in total. The van der Waals surface area contributed by atoms with Gasteiger partial charge in [0, 0.05) is 12.1 Å². The van der Waals surface area contributed by atoms with Crippen molar-refractivity contribution in [3.8, 4) is 5.75 Å². The van der Waals surface area contributed by atoms with Crippen LogP contribution >= 0.6 is 0 Å². The van der Waals surface area contributed by atoms with Gasteiger partial charge in [0.25, 0.3) is 0 Å². The van der Waals surface area contributed by atoms with Gasteiger partial charge in [-0.05, 0) is 54.4 Å². The fourth-order valence-corrected chi connectivity index (χ4v) is 3.72. The van der Waals surface area contributed by atoms with Crippen LogP contribution in [-0.2, 0) is 17.8 Å². The minimum absolute atomic E-state index is 0.0654. The van der Waals surface area contributed by atoms with E-state index in [9.17, 15) is 14.4 Å². The van der Waals surface area contributed by atoms with Crippen LogP contribution in [0.3, 0.4) is 0 Å². The predicted molar refractivity (Wildman–Crippen MR) is 138 cm³/mol. The van der Waals surface area contributed by atoms with Crippen LogP contribution in [0, 0.1) is 6.92 Å². The minimum Gasteiger partial charge on any atom is -0.495 e. The number of methoxy groups -OCH3 is 1. The maximum absolute atomic E-state index is 12.5. The van der Waals surface area contributed by atoms with Crippen molar-refractivity contribution in [1.82, 2.24) is 10.3 Å². The molecule has 3 aromatic carbocycles. The summed E-state index contributed by atoms with van der Waals surface area (Å²) in [4.78, 5) is 40.3. The first-order valence-electron chi connectivity index (χ1n) is 11.5. The molecule has 0 radical (unpaired) electrons. The van der Waals surface area contributed by atoms with Gasteiger partial charge in [0.1, 0.15) is 11.3 Å². The second kappa shape index (κ2) is 11.4. The summed E-state index contributed by atoms with van der Waals surface area (Å²) in [5, 5.41) is 17.6. The maximum atomic E-state index is 12.5. The molecule has 0 aliphatic rings. The fourth-order valence-electron chi connectivity index (χ4n) is 3.72. The number of urea groups is 1. The number of nitrogens with one attached hydrogen (secondary N) is 3. The number of carbonyl (C=O) groups excluding carboxylic acids is 2. The Morgan fingerprint density at radius 3 is 2.54 bits per heavy atom. The number of nitrogens with zero attached hydrogens (tertiary/aromatic N) is 1. The zero-order valence-electron chi connectivity index (χ0n) is 20.3. The third kappa shape index (κ3) is 6.50. The van der Waals surface area contributed by atoms with E-state index in [1.165, 1.54) is 19.2 Å². The van der Waals surface area contributed by atoms with Crippen molar-refractivity contribution in [2.75, 3.05) is 24.3 Å². The fraction of sp³-hybridized carbons (Fsp3) is 0.185. The highest BCUT2D eigenvalue weighted by molar-refractivity contribution is 6.01. The summed E-state index contributed by atoms with van der Waals surface area (Å²) in [6.07, 6.45) is 0.161. The van der Waals surface area contributed by atoms with Crippen molar-refractivity contribution in [3.05, 3.63) is 83.2 Å². The SMILES string of the molecule is COc1cc(CC(=O)CNCc2nc3ccc(C(=O)O)cc3o2)ccc1NC(=O)Nc1ccccc1C. The molecule has 1 aromatic heterocycles. The molecule has 4 N–H and O–H groups in total. The number of amides is 2. The quantitative estimate of drug-likeness (QED) is 0.250. The molecule has 0 atom stereocenters. The number of carbonyl (C=O) groups is 3. The van der Waals surface area contributed by atoms with Crippen LogP contribution in [0.2, 0.25) is 0 Å². The van der Waals surface area contributed by atoms with Gasteiger partial charge in [-0.3, -0.25) is 4.79 Å². The predicted octanol–water partition coefficient (Wildman–Crippen LogP) is 4.39. The molecule has 0 unspecified atom stereocenters.